The van der Waals surface area contributed by atoms with Crippen LogP contribution in [0.15, 0.2) is 4.99 Å². The van der Waals surface area contributed by atoms with Gasteiger partial charge in [0.15, 0.2) is 5.96 Å². The molecule has 0 aliphatic heterocycles. The molecule has 0 aromatic carbocycles. The van der Waals surface area contributed by atoms with Gasteiger partial charge >= 0.3 is 0 Å². The quantitative estimate of drug-likeness (QED) is 0.573. The van der Waals surface area contributed by atoms with Crippen molar-refractivity contribution in [1.29, 1.82) is 0 Å². The van der Waals surface area contributed by atoms with Crippen LogP contribution in [0, 0.1) is 11.3 Å². The van der Waals surface area contributed by atoms with E-state index in [9.17, 15) is 0 Å². The summed E-state index contributed by atoms with van der Waals surface area (Å²) in [6, 6.07) is 0.483. The van der Waals surface area contributed by atoms with E-state index in [4.69, 9.17) is 5.73 Å². The number of aliphatic imine (C=N–C) groups is 1. The average molecular weight is 225 g/mol. The van der Waals surface area contributed by atoms with Crippen LogP contribution in [0.1, 0.15) is 53.4 Å². The van der Waals surface area contributed by atoms with E-state index in [1.54, 1.807) is 0 Å². The predicted octanol–water partition coefficient (Wildman–Crippen LogP) is 2.52. The van der Waals surface area contributed by atoms with Crippen molar-refractivity contribution in [3.05, 3.63) is 0 Å². The Morgan fingerprint density at radius 2 is 2.12 bits per heavy atom. The Hall–Kier alpha value is -0.730. The zero-order valence-electron chi connectivity index (χ0n) is 11.2. The molecule has 16 heavy (non-hydrogen) atoms. The third-order valence-corrected chi connectivity index (χ3v) is 3.46. The van der Waals surface area contributed by atoms with Gasteiger partial charge < -0.3 is 11.1 Å². The topological polar surface area (TPSA) is 50.4 Å². The smallest absolute Gasteiger partial charge is 0.188 e. The van der Waals surface area contributed by atoms with E-state index in [0.29, 0.717) is 23.3 Å². The van der Waals surface area contributed by atoms with Crippen LogP contribution in [0.5, 0.6) is 0 Å². The number of rotatable bonds is 3. The summed E-state index contributed by atoms with van der Waals surface area (Å²) in [5.74, 6) is 1.19. The first-order valence-electron chi connectivity index (χ1n) is 6.48. The van der Waals surface area contributed by atoms with Crippen LogP contribution >= 0.6 is 0 Å². The number of guanidine groups is 1. The fourth-order valence-electron chi connectivity index (χ4n) is 2.27. The fraction of sp³-hybridized carbons (Fsp3) is 0.923. The second kappa shape index (κ2) is 5.55. The van der Waals surface area contributed by atoms with Crippen LogP contribution in [-0.2, 0) is 0 Å². The van der Waals surface area contributed by atoms with E-state index in [-0.39, 0.29) is 0 Å². The van der Waals surface area contributed by atoms with Gasteiger partial charge in [-0.25, -0.2) is 0 Å². The van der Waals surface area contributed by atoms with Crippen LogP contribution in [0.4, 0.5) is 0 Å². The summed E-state index contributed by atoms with van der Waals surface area (Å²) < 4.78 is 0. The fourth-order valence-corrected chi connectivity index (χ4v) is 2.27. The Morgan fingerprint density at radius 1 is 1.44 bits per heavy atom. The van der Waals surface area contributed by atoms with Crippen molar-refractivity contribution in [2.45, 2.75) is 59.4 Å². The Balaban J connectivity index is 2.48. The van der Waals surface area contributed by atoms with Crippen LogP contribution in [0.2, 0.25) is 0 Å². The van der Waals surface area contributed by atoms with Gasteiger partial charge in [-0.3, -0.25) is 4.99 Å². The molecule has 0 heterocycles. The maximum absolute atomic E-state index is 5.91. The maximum atomic E-state index is 5.91. The number of hydrogen-bond donors (Lipinski definition) is 2. The van der Waals surface area contributed by atoms with E-state index in [2.05, 4.69) is 38.0 Å². The Labute approximate surface area is 99.9 Å². The molecule has 3 heteroatoms. The summed E-state index contributed by atoms with van der Waals surface area (Å²) in [6.45, 7) is 9.76. The highest BCUT2D eigenvalue weighted by atomic mass is 15.1. The van der Waals surface area contributed by atoms with E-state index in [1.165, 1.54) is 25.7 Å². The highest BCUT2D eigenvalue weighted by Gasteiger charge is 2.32. The molecule has 0 radical (unpaired) electrons. The molecule has 1 unspecified atom stereocenters. The summed E-state index contributed by atoms with van der Waals surface area (Å²) in [7, 11) is 0. The molecule has 0 aromatic heterocycles. The van der Waals surface area contributed by atoms with Gasteiger partial charge in [-0.1, -0.05) is 40.5 Å². The first-order chi connectivity index (χ1) is 7.42. The molecule has 94 valence electrons. The lowest BCUT2D eigenvalue weighted by Gasteiger charge is -2.39. The minimum absolute atomic E-state index is 0.343. The second-order valence-corrected chi connectivity index (χ2v) is 6.05. The number of nitrogens with two attached hydrogens (primary N) is 1. The molecule has 0 spiro atoms. The highest BCUT2D eigenvalue weighted by Crippen LogP contribution is 2.35. The van der Waals surface area contributed by atoms with E-state index in [1.807, 2.05) is 0 Å². The molecular formula is C13H27N3. The summed E-state index contributed by atoms with van der Waals surface area (Å²) in [5, 5.41) is 3.39. The summed E-state index contributed by atoms with van der Waals surface area (Å²) >= 11 is 0. The number of nitrogens with one attached hydrogen (secondary N) is 1. The maximum Gasteiger partial charge on any atom is 0.188 e. The van der Waals surface area contributed by atoms with Crippen LogP contribution in [-0.4, -0.2) is 18.5 Å². The van der Waals surface area contributed by atoms with Gasteiger partial charge in [-0.2, -0.15) is 0 Å². The van der Waals surface area contributed by atoms with Crippen molar-refractivity contribution in [3.8, 4) is 0 Å². The molecule has 1 rings (SSSR count). The standard InChI is InChI=1S/C13H27N3/c1-10(2)9-15-12(14)16-11-7-5-6-8-13(11,3)4/h10-11H,5-9H2,1-4H3,(H3,14,15,16). The van der Waals surface area contributed by atoms with Crippen LogP contribution < -0.4 is 11.1 Å². The third kappa shape index (κ3) is 4.03. The van der Waals surface area contributed by atoms with E-state index >= 15 is 0 Å². The summed E-state index contributed by atoms with van der Waals surface area (Å²) in [6.07, 6.45) is 5.14. The van der Waals surface area contributed by atoms with Gasteiger partial charge in [-0.05, 0) is 24.2 Å². The van der Waals surface area contributed by atoms with Gasteiger partial charge in [0.1, 0.15) is 0 Å². The largest absolute Gasteiger partial charge is 0.370 e. The SMILES string of the molecule is CC(C)CN=C(N)NC1CCCCC1(C)C. The van der Waals surface area contributed by atoms with E-state index in [0.717, 1.165) is 6.54 Å². The molecule has 1 atom stereocenters. The molecule has 0 saturated heterocycles. The lowest BCUT2D eigenvalue weighted by molar-refractivity contribution is 0.185. The molecule has 3 nitrogen and oxygen atoms in total. The summed E-state index contributed by atoms with van der Waals surface area (Å²) in [4.78, 5) is 4.37. The monoisotopic (exact) mass is 225 g/mol. The molecule has 1 aliphatic rings. The molecule has 0 bridgehead atoms. The zero-order chi connectivity index (χ0) is 12.2. The summed E-state index contributed by atoms with van der Waals surface area (Å²) in [5.41, 5.74) is 6.26. The Kier molecular flexibility index (Phi) is 4.63. The Bertz CT molecular complexity index is 244. The van der Waals surface area contributed by atoms with E-state index < -0.39 is 0 Å². The van der Waals surface area contributed by atoms with Gasteiger partial charge in [0.05, 0.1) is 0 Å². The van der Waals surface area contributed by atoms with Crippen molar-refractivity contribution >= 4 is 5.96 Å². The Morgan fingerprint density at radius 3 is 2.69 bits per heavy atom. The third-order valence-electron chi connectivity index (χ3n) is 3.46. The normalized spacial score (nSPS) is 25.8. The first-order valence-corrected chi connectivity index (χ1v) is 6.48. The minimum atomic E-state index is 0.343. The van der Waals surface area contributed by atoms with Crippen LogP contribution in [0.25, 0.3) is 0 Å². The molecule has 1 saturated carbocycles. The molecule has 1 fully saturated rings. The van der Waals surface area contributed by atoms with Crippen molar-refractivity contribution in [1.82, 2.24) is 5.32 Å². The highest BCUT2D eigenvalue weighted by molar-refractivity contribution is 5.78. The van der Waals surface area contributed by atoms with Gasteiger partial charge in [-0.15, -0.1) is 0 Å². The predicted molar refractivity (Wildman–Crippen MR) is 70.5 cm³/mol. The number of nitrogens with zero attached hydrogens (tertiary/aromatic N) is 1. The average Bonchev–Trinajstić information content (AvgIpc) is 2.18. The first kappa shape index (κ1) is 13.3. The molecular weight excluding hydrogens is 198 g/mol. The zero-order valence-corrected chi connectivity index (χ0v) is 11.2. The van der Waals surface area contributed by atoms with Gasteiger partial charge in [0, 0.05) is 12.6 Å². The van der Waals surface area contributed by atoms with Crippen molar-refractivity contribution in [2.75, 3.05) is 6.54 Å². The van der Waals surface area contributed by atoms with Crippen LogP contribution in [0.3, 0.4) is 0 Å². The lowest BCUT2D eigenvalue weighted by atomic mass is 9.73. The van der Waals surface area contributed by atoms with Crippen molar-refractivity contribution in [2.24, 2.45) is 22.1 Å². The van der Waals surface area contributed by atoms with Crippen molar-refractivity contribution in [3.63, 3.8) is 0 Å². The lowest BCUT2D eigenvalue weighted by Crippen LogP contribution is -2.49. The van der Waals surface area contributed by atoms with Crippen molar-refractivity contribution < 1.29 is 0 Å². The molecule has 3 N–H and O–H groups in total. The number of hydrogen-bond acceptors (Lipinski definition) is 1. The minimum Gasteiger partial charge on any atom is -0.370 e. The molecule has 1 aliphatic carbocycles. The van der Waals surface area contributed by atoms with Gasteiger partial charge in [0.25, 0.3) is 0 Å². The molecule has 0 amide bonds. The second-order valence-electron chi connectivity index (χ2n) is 6.05. The molecule has 0 aromatic rings. The van der Waals surface area contributed by atoms with Gasteiger partial charge in [0.2, 0.25) is 0 Å².